The summed E-state index contributed by atoms with van der Waals surface area (Å²) in [7, 11) is 1.94. The van der Waals surface area contributed by atoms with Gasteiger partial charge in [-0.3, -0.25) is 4.72 Å². The van der Waals surface area contributed by atoms with E-state index in [1.165, 1.54) is 14.3 Å². The Hall–Kier alpha value is -0.510. The lowest BCUT2D eigenvalue weighted by Gasteiger charge is -1.88. The number of fused-ring (bicyclic) bond motifs is 1. The van der Waals surface area contributed by atoms with Gasteiger partial charge in [-0.15, -0.1) is 11.3 Å². The fraction of sp³-hybridized carbons (Fsp3) is 0.273. The van der Waals surface area contributed by atoms with Gasteiger partial charge >= 0.3 is 0 Å². The molecule has 0 aliphatic heterocycles. The van der Waals surface area contributed by atoms with E-state index in [1.807, 2.05) is 32.2 Å². The summed E-state index contributed by atoms with van der Waals surface area (Å²) in [5.74, 6) is 0. The smallest absolute Gasteiger partial charge is 0.0763 e. The highest BCUT2D eigenvalue weighted by Gasteiger charge is 1.99. The lowest BCUT2D eigenvalue weighted by Crippen LogP contribution is -1.87. The third-order valence-electron chi connectivity index (χ3n) is 1.61. The molecule has 0 saturated carbocycles. The van der Waals surface area contributed by atoms with Gasteiger partial charge in [0.2, 0.25) is 0 Å². The quantitative estimate of drug-likeness (QED) is 0.770. The third-order valence-corrected chi connectivity index (χ3v) is 3.54. The molecule has 14 heavy (non-hydrogen) atoms. The molecule has 0 amide bonds. The molecule has 1 aromatic carbocycles. The van der Waals surface area contributed by atoms with Crippen LogP contribution in [-0.4, -0.2) is 7.05 Å². The Morgan fingerprint density at radius 1 is 1.21 bits per heavy atom. The highest BCUT2D eigenvalue weighted by atomic mass is 32.2. The first kappa shape index (κ1) is 11.6. The molecule has 0 spiro atoms. The molecule has 0 saturated heterocycles. The zero-order valence-corrected chi connectivity index (χ0v) is 10.3. The van der Waals surface area contributed by atoms with Gasteiger partial charge in [-0.1, -0.05) is 32.0 Å². The van der Waals surface area contributed by atoms with Crippen LogP contribution in [-0.2, 0) is 0 Å². The minimum Gasteiger partial charge on any atom is -0.262 e. The lowest BCUT2D eigenvalue weighted by molar-refractivity contribution is 1.29. The molecule has 2 rings (SSSR count). The van der Waals surface area contributed by atoms with Crippen molar-refractivity contribution in [2.45, 2.75) is 18.1 Å². The first-order chi connectivity index (χ1) is 6.90. The van der Waals surface area contributed by atoms with E-state index in [-0.39, 0.29) is 0 Å². The fourth-order valence-corrected chi connectivity index (χ4v) is 2.98. The average Bonchev–Trinajstić information content (AvgIpc) is 2.63. The molecular formula is C11H15NS2. The molecule has 3 heteroatoms. The zero-order chi connectivity index (χ0) is 10.4. The van der Waals surface area contributed by atoms with Crippen LogP contribution in [0.1, 0.15) is 13.8 Å². The lowest BCUT2D eigenvalue weighted by atomic mass is 10.3. The fourth-order valence-electron chi connectivity index (χ4n) is 1.11. The van der Waals surface area contributed by atoms with E-state index in [9.17, 15) is 0 Å². The second-order valence-electron chi connectivity index (χ2n) is 2.41. The van der Waals surface area contributed by atoms with E-state index < -0.39 is 0 Å². The summed E-state index contributed by atoms with van der Waals surface area (Å²) < 4.78 is 5.75. The molecule has 0 aliphatic rings. The Bertz CT molecular complexity index is 348. The second-order valence-corrected chi connectivity index (χ2v) is 4.80. The second kappa shape index (κ2) is 6.06. The van der Waals surface area contributed by atoms with Gasteiger partial charge in [0.05, 0.1) is 4.21 Å². The highest BCUT2D eigenvalue weighted by molar-refractivity contribution is 7.99. The van der Waals surface area contributed by atoms with Crippen molar-refractivity contribution in [1.82, 2.24) is 4.72 Å². The molecule has 1 aromatic heterocycles. The van der Waals surface area contributed by atoms with Gasteiger partial charge in [0.25, 0.3) is 0 Å². The minimum atomic E-state index is 1.32. The minimum absolute atomic E-state index is 1.32. The van der Waals surface area contributed by atoms with E-state index >= 15 is 0 Å². The van der Waals surface area contributed by atoms with E-state index in [1.54, 1.807) is 11.9 Å². The molecule has 0 bridgehead atoms. The molecule has 0 aliphatic carbocycles. The first-order valence-corrected chi connectivity index (χ1v) is 6.35. The van der Waals surface area contributed by atoms with Crippen molar-refractivity contribution in [1.29, 1.82) is 0 Å². The molecule has 1 N–H and O–H groups in total. The molecule has 1 heterocycles. The number of hydrogen-bond donors (Lipinski definition) is 1. The number of benzene rings is 1. The van der Waals surface area contributed by atoms with E-state index in [4.69, 9.17) is 0 Å². The molecule has 2 aromatic rings. The summed E-state index contributed by atoms with van der Waals surface area (Å²) >= 11 is 3.49. The Balaban J connectivity index is 0.000000461. The SMILES string of the molecule is CC.CNSc1cc2ccccc2s1. The number of nitrogens with one attached hydrogen (secondary N) is 1. The van der Waals surface area contributed by atoms with Crippen molar-refractivity contribution < 1.29 is 0 Å². The van der Waals surface area contributed by atoms with Crippen LogP contribution < -0.4 is 4.72 Å². The van der Waals surface area contributed by atoms with Crippen molar-refractivity contribution >= 4 is 33.4 Å². The largest absolute Gasteiger partial charge is 0.262 e. The standard InChI is InChI=1S/C9H9NS2.C2H6/c1-10-12-9-6-7-4-2-3-5-8(7)11-9;1-2/h2-6,10H,1H3;1-2H3. The molecule has 0 atom stereocenters. The molecule has 0 unspecified atom stereocenters. The first-order valence-electron chi connectivity index (χ1n) is 4.72. The summed E-state index contributed by atoms with van der Waals surface area (Å²) in [5.41, 5.74) is 0. The highest BCUT2D eigenvalue weighted by Crippen LogP contribution is 2.30. The number of hydrogen-bond acceptors (Lipinski definition) is 3. The summed E-state index contributed by atoms with van der Waals surface area (Å²) in [6.45, 7) is 4.00. The van der Waals surface area contributed by atoms with Crippen LogP contribution >= 0.6 is 23.3 Å². The van der Waals surface area contributed by atoms with Crippen LogP contribution in [0.2, 0.25) is 0 Å². The summed E-state index contributed by atoms with van der Waals surface area (Å²) in [6, 6.07) is 10.7. The molecule has 76 valence electrons. The van der Waals surface area contributed by atoms with E-state index in [0.29, 0.717) is 0 Å². The maximum Gasteiger partial charge on any atom is 0.0763 e. The Morgan fingerprint density at radius 3 is 2.57 bits per heavy atom. The van der Waals surface area contributed by atoms with Crippen molar-refractivity contribution in [3.8, 4) is 0 Å². The Kier molecular flexibility index (Phi) is 5.01. The van der Waals surface area contributed by atoms with Crippen molar-refractivity contribution in [3.05, 3.63) is 30.3 Å². The summed E-state index contributed by atoms with van der Waals surface area (Å²) in [6.07, 6.45) is 0. The normalized spacial score (nSPS) is 9.64. The predicted octanol–water partition coefficient (Wildman–Crippen LogP) is 4.15. The van der Waals surface area contributed by atoms with Crippen LogP contribution in [0.15, 0.2) is 34.5 Å². The van der Waals surface area contributed by atoms with Gasteiger partial charge in [0.1, 0.15) is 0 Å². The van der Waals surface area contributed by atoms with Crippen LogP contribution in [0.5, 0.6) is 0 Å². The van der Waals surface area contributed by atoms with Crippen molar-refractivity contribution in [2.24, 2.45) is 0 Å². The van der Waals surface area contributed by atoms with E-state index in [0.717, 1.165) is 0 Å². The predicted molar refractivity (Wildman–Crippen MR) is 68.1 cm³/mol. The topological polar surface area (TPSA) is 12.0 Å². The van der Waals surface area contributed by atoms with Gasteiger partial charge in [-0.2, -0.15) is 0 Å². The summed E-state index contributed by atoms with van der Waals surface area (Å²) in [5, 5.41) is 1.33. The van der Waals surface area contributed by atoms with Gasteiger partial charge in [0.15, 0.2) is 0 Å². The van der Waals surface area contributed by atoms with Gasteiger partial charge in [0, 0.05) is 4.70 Å². The molecular weight excluding hydrogens is 210 g/mol. The molecule has 0 fully saturated rings. The van der Waals surface area contributed by atoms with Gasteiger partial charge in [-0.05, 0) is 36.5 Å². The number of rotatable bonds is 2. The molecule has 0 radical (unpaired) electrons. The van der Waals surface area contributed by atoms with Crippen molar-refractivity contribution in [3.63, 3.8) is 0 Å². The zero-order valence-electron chi connectivity index (χ0n) is 8.70. The summed E-state index contributed by atoms with van der Waals surface area (Å²) in [4.78, 5) is 0. The maximum atomic E-state index is 3.07. The van der Waals surface area contributed by atoms with Crippen LogP contribution in [0.4, 0.5) is 0 Å². The Morgan fingerprint density at radius 2 is 1.93 bits per heavy atom. The van der Waals surface area contributed by atoms with Gasteiger partial charge in [-0.25, -0.2) is 0 Å². The maximum absolute atomic E-state index is 3.07. The van der Waals surface area contributed by atoms with Crippen LogP contribution in [0, 0.1) is 0 Å². The molecule has 1 nitrogen and oxygen atoms in total. The van der Waals surface area contributed by atoms with Crippen LogP contribution in [0.3, 0.4) is 0 Å². The van der Waals surface area contributed by atoms with Crippen LogP contribution in [0.25, 0.3) is 10.1 Å². The third kappa shape index (κ3) is 2.74. The van der Waals surface area contributed by atoms with E-state index in [2.05, 4.69) is 35.1 Å². The average molecular weight is 225 g/mol. The number of thiophene rings is 1. The monoisotopic (exact) mass is 225 g/mol. The Labute approximate surface area is 93.7 Å². The van der Waals surface area contributed by atoms with Gasteiger partial charge < -0.3 is 0 Å². The van der Waals surface area contributed by atoms with Crippen molar-refractivity contribution in [2.75, 3.05) is 7.05 Å².